The minimum Gasteiger partial charge on any atom is -0.392 e. The second-order valence-electron chi connectivity index (χ2n) is 3.40. The molecule has 0 aromatic rings. The van der Waals surface area contributed by atoms with E-state index >= 15 is 0 Å². The molecule has 1 saturated carbocycles. The Morgan fingerprint density at radius 2 is 2.42 bits per heavy atom. The average molecular weight is 167 g/mol. The third-order valence-electron chi connectivity index (χ3n) is 2.50. The van der Waals surface area contributed by atoms with Crippen molar-refractivity contribution in [1.29, 1.82) is 0 Å². The molecule has 1 aliphatic carbocycles. The Balaban J connectivity index is 2.34. The monoisotopic (exact) mass is 167 g/mol. The SMILES string of the molecule is C#CC(CC)NC1CCCC1O. The summed E-state index contributed by atoms with van der Waals surface area (Å²) < 4.78 is 0. The van der Waals surface area contributed by atoms with Crippen LogP contribution in [0.15, 0.2) is 0 Å². The van der Waals surface area contributed by atoms with Gasteiger partial charge < -0.3 is 5.11 Å². The van der Waals surface area contributed by atoms with Gasteiger partial charge in [-0.05, 0) is 25.7 Å². The third-order valence-corrected chi connectivity index (χ3v) is 2.50. The molecule has 0 aromatic heterocycles. The summed E-state index contributed by atoms with van der Waals surface area (Å²) in [5, 5.41) is 12.8. The van der Waals surface area contributed by atoms with Crippen molar-refractivity contribution in [3.63, 3.8) is 0 Å². The predicted octanol–water partition coefficient (Wildman–Crippen LogP) is 0.901. The van der Waals surface area contributed by atoms with Gasteiger partial charge in [0.15, 0.2) is 0 Å². The van der Waals surface area contributed by atoms with Crippen LogP contribution in [0.1, 0.15) is 32.6 Å². The van der Waals surface area contributed by atoms with Gasteiger partial charge in [-0.15, -0.1) is 6.42 Å². The van der Waals surface area contributed by atoms with Gasteiger partial charge >= 0.3 is 0 Å². The van der Waals surface area contributed by atoms with E-state index in [1.807, 2.05) is 0 Å². The van der Waals surface area contributed by atoms with Crippen molar-refractivity contribution < 1.29 is 5.11 Å². The number of hydrogen-bond acceptors (Lipinski definition) is 2. The van der Waals surface area contributed by atoms with Crippen LogP contribution in [0.4, 0.5) is 0 Å². The molecular formula is C10H17NO. The minimum atomic E-state index is -0.188. The fraction of sp³-hybridized carbons (Fsp3) is 0.800. The highest BCUT2D eigenvalue weighted by atomic mass is 16.3. The molecule has 0 aromatic carbocycles. The fourth-order valence-electron chi connectivity index (χ4n) is 1.68. The number of aliphatic hydroxyl groups excluding tert-OH is 1. The normalized spacial score (nSPS) is 31.4. The van der Waals surface area contributed by atoms with Gasteiger partial charge in [0, 0.05) is 6.04 Å². The molecule has 1 fully saturated rings. The molecule has 1 rings (SSSR count). The Bertz CT molecular complexity index is 173. The molecule has 68 valence electrons. The quantitative estimate of drug-likeness (QED) is 0.612. The van der Waals surface area contributed by atoms with Crippen LogP contribution in [-0.4, -0.2) is 23.3 Å². The number of rotatable bonds is 3. The zero-order chi connectivity index (χ0) is 8.97. The van der Waals surface area contributed by atoms with E-state index in [1.165, 1.54) is 0 Å². The summed E-state index contributed by atoms with van der Waals surface area (Å²) in [5.74, 6) is 2.68. The smallest absolute Gasteiger partial charge is 0.0693 e. The van der Waals surface area contributed by atoms with Crippen molar-refractivity contribution in [1.82, 2.24) is 5.32 Å². The van der Waals surface area contributed by atoms with Gasteiger partial charge in [-0.25, -0.2) is 0 Å². The molecule has 2 N–H and O–H groups in total. The molecule has 2 nitrogen and oxygen atoms in total. The Hall–Kier alpha value is -0.520. The molecular weight excluding hydrogens is 150 g/mol. The lowest BCUT2D eigenvalue weighted by molar-refractivity contribution is 0.146. The maximum Gasteiger partial charge on any atom is 0.0693 e. The molecule has 0 heterocycles. The van der Waals surface area contributed by atoms with Gasteiger partial charge in [-0.3, -0.25) is 5.32 Å². The van der Waals surface area contributed by atoms with Crippen molar-refractivity contribution in [2.45, 2.75) is 50.8 Å². The number of nitrogens with one attached hydrogen (secondary N) is 1. The zero-order valence-corrected chi connectivity index (χ0v) is 7.59. The molecule has 0 bridgehead atoms. The number of terminal acetylenes is 1. The lowest BCUT2D eigenvalue weighted by atomic mass is 10.1. The summed E-state index contributed by atoms with van der Waals surface area (Å²) in [6.07, 6.45) is 9.14. The average Bonchev–Trinajstić information content (AvgIpc) is 2.47. The minimum absolute atomic E-state index is 0.128. The summed E-state index contributed by atoms with van der Waals surface area (Å²) in [7, 11) is 0. The maximum absolute atomic E-state index is 9.50. The first-order valence-electron chi connectivity index (χ1n) is 4.68. The summed E-state index contributed by atoms with van der Waals surface area (Å²) in [4.78, 5) is 0. The highest BCUT2D eigenvalue weighted by Gasteiger charge is 2.25. The lowest BCUT2D eigenvalue weighted by Gasteiger charge is -2.20. The van der Waals surface area contributed by atoms with E-state index in [-0.39, 0.29) is 18.2 Å². The van der Waals surface area contributed by atoms with E-state index in [0.717, 1.165) is 25.7 Å². The zero-order valence-electron chi connectivity index (χ0n) is 7.59. The molecule has 3 atom stereocenters. The van der Waals surface area contributed by atoms with E-state index in [4.69, 9.17) is 6.42 Å². The largest absolute Gasteiger partial charge is 0.392 e. The molecule has 12 heavy (non-hydrogen) atoms. The van der Waals surface area contributed by atoms with Crippen LogP contribution in [0, 0.1) is 12.3 Å². The van der Waals surface area contributed by atoms with Crippen molar-refractivity contribution in [2.75, 3.05) is 0 Å². The molecule has 0 spiro atoms. The van der Waals surface area contributed by atoms with E-state index in [9.17, 15) is 5.11 Å². The first-order chi connectivity index (χ1) is 5.77. The topological polar surface area (TPSA) is 32.3 Å². The summed E-state index contributed by atoms with van der Waals surface area (Å²) in [6.45, 7) is 2.05. The summed E-state index contributed by atoms with van der Waals surface area (Å²) >= 11 is 0. The highest BCUT2D eigenvalue weighted by molar-refractivity contribution is 5.00. The summed E-state index contributed by atoms with van der Waals surface area (Å²) in [5.41, 5.74) is 0. The summed E-state index contributed by atoms with van der Waals surface area (Å²) in [6, 6.07) is 0.355. The third kappa shape index (κ3) is 2.23. The molecule has 2 heteroatoms. The maximum atomic E-state index is 9.50. The lowest BCUT2D eigenvalue weighted by Crippen LogP contribution is -2.41. The van der Waals surface area contributed by atoms with Crippen LogP contribution in [0.3, 0.4) is 0 Å². The fourth-order valence-corrected chi connectivity index (χ4v) is 1.68. The van der Waals surface area contributed by atoms with E-state index < -0.39 is 0 Å². The van der Waals surface area contributed by atoms with E-state index in [2.05, 4.69) is 18.2 Å². The van der Waals surface area contributed by atoms with Crippen LogP contribution >= 0.6 is 0 Å². The van der Waals surface area contributed by atoms with Crippen molar-refractivity contribution >= 4 is 0 Å². The van der Waals surface area contributed by atoms with Gasteiger partial charge in [0.25, 0.3) is 0 Å². The number of aliphatic hydroxyl groups is 1. The molecule has 1 aliphatic rings. The standard InChI is InChI=1S/C10H17NO/c1-3-8(4-2)11-9-6-5-7-10(9)12/h1,8-12H,4-7H2,2H3. The Kier molecular flexibility index (Phi) is 3.58. The second-order valence-corrected chi connectivity index (χ2v) is 3.40. The predicted molar refractivity (Wildman–Crippen MR) is 49.7 cm³/mol. The van der Waals surface area contributed by atoms with Gasteiger partial charge in [-0.1, -0.05) is 12.8 Å². The van der Waals surface area contributed by atoms with Crippen LogP contribution in [0.5, 0.6) is 0 Å². The van der Waals surface area contributed by atoms with Gasteiger partial charge in [0.1, 0.15) is 0 Å². The van der Waals surface area contributed by atoms with Crippen molar-refractivity contribution in [3.8, 4) is 12.3 Å². The van der Waals surface area contributed by atoms with Gasteiger partial charge in [-0.2, -0.15) is 0 Å². The number of hydrogen-bond donors (Lipinski definition) is 2. The molecule has 0 radical (unpaired) electrons. The highest BCUT2D eigenvalue weighted by Crippen LogP contribution is 2.19. The molecule has 3 unspecified atom stereocenters. The van der Waals surface area contributed by atoms with E-state index in [1.54, 1.807) is 0 Å². The van der Waals surface area contributed by atoms with Crippen LogP contribution in [0.25, 0.3) is 0 Å². The van der Waals surface area contributed by atoms with Gasteiger partial charge in [0.05, 0.1) is 12.1 Å². The second kappa shape index (κ2) is 4.49. The van der Waals surface area contributed by atoms with E-state index in [0.29, 0.717) is 0 Å². The Labute approximate surface area is 74.4 Å². The Morgan fingerprint density at radius 1 is 1.67 bits per heavy atom. The first-order valence-corrected chi connectivity index (χ1v) is 4.68. The van der Waals surface area contributed by atoms with Crippen LogP contribution in [0.2, 0.25) is 0 Å². The Morgan fingerprint density at radius 3 is 2.83 bits per heavy atom. The van der Waals surface area contributed by atoms with Crippen LogP contribution < -0.4 is 5.32 Å². The first kappa shape index (κ1) is 9.57. The molecule has 0 aliphatic heterocycles. The molecule has 0 saturated heterocycles. The van der Waals surface area contributed by atoms with Gasteiger partial charge in [0.2, 0.25) is 0 Å². The van der Waals surface area contributed by atoms with Crippen molar-refractivity contribution in [2.24, 2.45) is 0 Å². The van der Waals surface area contributed by atoms with Crippen molar-refractivity contribution in [3.05, 3.63) is 0 Å². The molecule has 0 amide bonds. The van der Waals surface area contributed by atoms with Crippen LogP contribution in [-0.2, 0) is 0 Å².